The summed E-state index contributed by atoms with van der Waals surface area (Å²) in [7, 11) is 4.12. The van der Waals surface area contributed by atoms with Crippen LogP contribution in [0.1, 0.15) is 6.42 Å². The minimum absolute atomic E-state index is 0.516. The molecule has 0 aromatic carbocycles. The first kappa shape index (κ1) is 7.69. The average Bonchev–Trinajstić information content (AvgIpc) is 2.13. The number of likely N-dealkylation sites (N-methyl/N-ethyl adjacent to an activating group) is 1. The van der Waals surface area contributed by atoms with E-state index in [9.17, 15) is 0 Å². The lowest BCUT2D eigenvalue weighted by Crippen LogP contribution is -2.33. The average molecular weight is 141 g/mol. The smallest absolute Gasteiger partial charge is 0.0336 e. The molecule has 0 unspecified atom stereocenters. The van der Waals surface area contributed by atoms with E-state index in [0.29, 0.717) is 6.04 Å². The summed E-state index contributed by atoms with van der Waals surface area (Å²) >= 11 is 0. The van der Waals surface area contributed by atoms with Crippen LogP contribution in [-0.2, 0) is 0 Å². The second-order valence-corrected chi connectivity index (χ2v) is 3.15. The van der Waals surface area contributed by atoms with Crippen molar-refractivity contribution in [3.63, 3.8) is 0 Å². The molecule has 10 heavy (non-hydrogen) atoms. The Hall–Kier alpha value is -0.410. The highest BCUT2D eigenvalue weighted by Gasteiger charge is 2.18. The Morgan fingerprint density at radius 3 is 2.80 bits per heavy atom. The van der Waals surface area contributed by atoms with Crippen LogP contribution in [0.15, 0.2) is 0 Å². The highest BCUT2D eigenvalue weighted by atomic mass is 15.1. The number of hydrogen-bond donors (Lipinski definition) is 2. The standard InChI is InChI=1S/C7H15N3/c1-10(2)5-7-3-6(8)4-9-7/h7-9H,3-5H2,1-2H3/t7-/m1/s1. The van der Waals surface area contributed by atoms with Crippen LogP contribution < -0.4 is 5.32 Å². The third-order valence-corrected chi connectivity index (χ3v) is 1.68. The van der Waals surface area contributed by atoms with Crippen molar-refractivity contribution in [3.05, 3.63) is 0 Å². The van der Waals surface area contributed by atoms with Gasteiger partial charge in [0.15, 0.2) is 0 Å². The zero-order chi connectivity index (χ0) is 7.56. The maximum Gasteiger partial charge on any atom is 0.0336 e. The second kappa shape index (κ2) is 3.12. The fraction of sp³-hybridized carbons (Fsp3) is 0.857. The van der Waals surface area contributed by atoms with Gasteiger partial charge in [0.1, 0.15) is 0 Å². The van der Waals surface area contributed by atoms with E-state index >= 15 is 0 Å². The lowest BCUT2D eigenvalue weighted by atomic mass is 10.2. The van der Waals surface area contributed by atoms with Gasteiger partial charge < -0.3 is 15.6 Å². The third kappa shape index (κ3) is 2.08. The molecule has 58 valence electrons. The highest BCUT2D eigenvalue weighted by Crippen LogP contribution is 2.01. The number of rotatable bonds is 2. The van der Waals surface area contributed by atoms with Crippen LogP contribution in [-0.4, -0.2) is 43.8 Å². The minimum atomic E-state index is 0.516. The summed E-state index contributed by atoms with van der Waals surface area (Å²) in [5.74, 6) is 0. The number of nitrogens with one attached hydrogen (secondary N) is 2. The van der Waals surface area contributed by atoms with Crippen LogP contribution in [0.5, 0.6) is 0 Å². The molecule has 0 saturated carbocycles. The molecule has 3 heteroatoms. The molecule has 1 rings (SSSR count). The molecule has 1 fully saturated rings. The van der Waals surface area contributed by atoms with Crippen LogP contribution in [0.25, 0.3) is 0 Å². The van der Waals surface area contributed by atoms with E-state index < -0.39 is 0 Å². The summed E-state index contributed by atoms with van der Waals surface area (Å²) in [4.78, 5) is 2.15. The summed E-state index contributed by atoms with van der Waals surface area (Å²) in [6, 6.07) is 0.516. The summed E-state index contributed by atoms with van der Waals surface area (Å²) in [5, 5.41) is 10.6. The zero-order valence-electron chi connectivity index (χ0n) is 6.65. The molecule has 1 aliphatic heterocycles. The SMILES string of the molecule is CN(C)C[C@H]1CC(=N)CN1. The largest absolute Gasteiger partial charge is 0.308 e. The molecule has 1 heterocycles. The van der Waals surface area contributed by atoms with Gasteiger partial charge in [0.25, 0.3) is 0 Å². The molecule has 0 radical (unpaired) electrons. The fourth-order valence-electron chi connectivity index (χ4n) is 1.28. The van der Waals surface area contributed by atoms with Gasteiger partial charge >= 0.3 is 0 Å². The Labute approximate surface area is 61.9 Å². The number of nitrogens with zero attached hydrogens (tertiary/aromatic N) is 1. The maximum atomic E-state index is 7.34. The van der Waals surface area contributed by atoms with E-state index in [1.807, 2.05) is 0 Å². The quantitative estimate of drug-likeness (QED) is 0.565. The van der Waals surface area contributed by atoms with Crippen molar-refractivity contribution in [3.8, 4) is 0 Å². The van der Waals surface area contributed by atoms with E-state index in [4.69, 9.17) is 5.41 Å². The van der Waals surface area contributed by atoms with Crippen molar-refractivity contribution in [1.82, 2.24) is 10.2 Å². The van der Waals surface area contributed by atoms with Crippen molar-refractivity contribution in [2.75, 3.05) is 27.2 Å². The predicted molar refractivity (Wildman–Crippen MR) is 42.7 cm³/mol. The molecule has 1 atom stereocenters. The first-order chi connectivity index (χ1) is 4.68. The van der Waals surface area contributed by atoms with Crippen molar-refractivity contribution in [1.29, 1.82) is 5.41 Å². The predicted octanol–water partition coefficient (Wildman–Crippen LogP) is -0.0703. The first-order valence-corrected chi connectivity index (χ1v) is 3.63. The van der Waals surface area contributed by atoms with Crippen molar-refractivity contribution in [2.24, 2.45) is 0 Å². The van der Waals surface area contributed by atoms with Crippen LogP contribution in [0.2, 0.25) is 0 Å². The van der Waals surface area contributed by atoms with E-state index in [1.165, 1.54) is 0 Å². The molecule has 1 aliphatic rings. The van der Waals surface area contributed by atoms with Crippen LogP contribution in [0, 0.1) is 5.41 Å². The molecule has 0 spiro atoms. The molecule has 2 N–H and O–H groups in total. The minimum Gasteiger partial charge on any atom is -0.308 e. The highest BCUT2D eigenvalue weighted by molar-refractivity contribution is 5.85. The van der Waals surface area contributed by atoms with E-state index in [2.05, 4.69) is 24.3 Å². The van der Waals surface area contributed by atoms with Gasteiger partial charge in [-0.3, -0.25) is 0 Å². The Balaban J connectivity index is 2.24. The van der Waals surface area contributed by atoms with Crippen molar-refractivity contribution in [2.45, 2.75) is 12.5 Å². The van der Waals surface area contributed by atoms with Crippen LogP contribution in [0.3, 0.4) is 0 Å². The molecule has 0 aromatic heterocycles. The lowest BCUT2D eigenvalue weighted by molar-refractivity contribution is 0.359. The van der Waals surface area contributed by atoms with Crippen molar-refractivity contribution >= 4 is 5.71 Å². The number of hydrogen-bond acceptors (Lipinski definition) is 3. The Morgan fingerprint density at radius 1 is 1.70 bits per heavy atom. The van der Waals surface area contributed by atoms with Crippen LogP contribution in [0.4, 0.5) is 0 Å². The molecule has 0 amide bonds. The van der Waals surface area contributed by atoms with Gasteiger partial charge in [0.05, 0.1) is 0 Å². The summed E-state index contributed by atoms with van der Waals surface area (Å²) in [6.07, 6.45) is 0.929. The molecule has 1 saturated heterocycles. The van der Waals surface area contributed by atoms with Gasteiger partial charge in [-0.2, -0.15) is 0 Å². The van der Waals surface area contributed by atoms with Crippen LogP contribution >= 0.6 is 0 Å². The van der Waals surface area contributed by atoms with Gasteiger partial charge in [0.2, 0.25) is 0 Å². The first-order valence-electron chi connectivity index (χ1n) is 3.63. The zero-order valence-corrected chi connectivity index (χ0v) is 6.65. The fourth-order valence-corrected chi connectivity index (χ4v) is 1.28. The van der Waals surface area contributed by atoms with Gasteiger partial charge in [0, 0.05) is 31.3 Å². The summed E-state index contributed by atoms with van der Waals surface area (Å²) < 4.78 is 0. The van der Waals surface area contributed by atoms with Gasteiger partial charge in [-0.15, -0.1) is 0 Å². The normalized spacial score (nSPS) is 26.3. The summed E-state index contributed by atoms with van der Waals surface area (Å²) in [5.41, 5.74) is 0.840. The van der Waals surface area contributed by atoms with Gasteiger partial charge in [-0.05, 0) is 14.1 Å². The molecular weight excluding hydrogens is 126 g/mol. The Morgan fingerprint density at radius 2 is 2.40 bits per heavy atom. The molecule has 0 aromatic rings. The van der Waals surface area contributed by atoms with Gasteiger partial charge in [-0.1, -0.05) is 0 Å². The third-order valence-electron chi connectivity index (χ3n) is 1.68. The monoisotopic (exact) mass is 141 g/mol. The molecular formula is C7H15N3. The van der Waals surface area contributed by atoms with E-state index in [1.54, 1.807) is 0 Å². The summed E-state index contributed by atoms with van der Waals surface area (Å²) in [6.45, 7) is 1.83. The van der Waals surface area contributed by atoms with Crippen molar-refractivity contribution < 1.29 is 0 Å². The molecule has 0 bridgehead atoms. The van der Waals surface area contributed by atoms with E-state index in [-0.39, 0.29) is 0 Å². The topological polar surface area (TPSA) is 39.1 Å². The maximum absolute atomic E-state index is 7.34. The molecule has 3 nitrogen and oxygen atoms in total. The Kier molecular flexibility index (Phi) is 2.40. The second-order valence-electron chi connectivity index (χ2n) is 3.15. The Bertz CT molecular complexity index is 131. The lowest BCUT2D eigenvalue weighted by Gasteiger charge is -2.14. The molecule has 0 aliphatic carbocycles. The van der Waals surface area contributed by atoms with E-state index in [0.717, 1.165) is 25.2 Å². The van der Waals surface area contributed by atoms with Gasteiger partial charge in [-0.25, -0.2) is 0 Å².